The maximum Gasteiger partial charge on any atom is 0.0812 e. The molecule has 0 aliphatic rings. The molecule has 12 heteroatoms. The SMILES string of the molecule is N#[C][Fe]([C]#N)([C]#N)([C]#N)([C]#N)[C]#N.[KH].[KH].[KH].c1ccc2scnc2c1. The molecule has 0 aliphatic heterocycles. The normalized spacial score (nSPS) is 10.6. The molecule has 2 rings (SSSR count). The minimum Gasteiger partial charge on any atom is -0.245 e. The van der Waals surface area contributed by atoms with Crippen molar-refractivity contribution in [1.29, 1.82) is 31.6 Å². The average Bonchev–Trinajstić information content (AvgIpc) is 3.09. The molecule has 0 atom stereocenters. The van der Waals surface area contributed by atoms with Crippen molar-refractivity contribution in [3.63, 3.8) is 0 Å². The molecule has 0 saturated carbocycles. The van der Waals surface area contributed by atoms with Crippen LogP contribution in [0.15, 0.2) is 29.8 Å². The summed E-state index contributed by atoms with van der Waals surface area (Å²) in [6, 6.07) is 8.13. The zero-order valence-electron chi connectivity index (χ0n) is 10.8. The molecule has 112 valence electrons. The fourth-order valence-electron chi connectivity index (χ4n) is 1.07. The molecule has 0 unspecified atom stereocenters. The van der Waals surface area contributed by atoms with Gasteiger partial charge in [-0.15, -0.1) is 11.3 Å². The Morgan fingerprint density at radius 1 is 0.720 bits per heavy atom. The number of fused-ring (bicyclic) bond motifs is 1. The molecule has 0 saturated heterocycles. The van der Waals surface area contributed by atoms with E-state index in [-0.39, 0.29) is 154 Å². The number of nitriles is 6. The summed E-state index contributed by atoms with van der Waals surface area (Å²) in [6.07, 6.45) is 0. The maximum atomic E-state index is 8.58. The minimum absolute atomic E-state index is 0. The second kappa shape index (κ2) is 12.1. The van der Waals surface area contributed by atoms with E-state index in [0.29, 0.717) is 0 Å². The van der Waals surface area contributed by atoms with E-state index in [0.717, 1.165) is 35.3 Å². The number of nitrogens with zero attached hydrogens (tertiary/aromatic N) is 7. The van der Waals surface area contributed by atoms with Gasteiger partial charge in [-0.1, -0.05) is 12.1 Å². The van der Waals surface area contributed by atoms with Gasteiger partial charge in [0.05, 0.1) is 15.7 Å². The van der Waals surface area contributed by atoms with Crippen LogP contribution >= 0.6 is 11.3 Å². The average molecular weight is 467 g/mol. The van der Waals surface area contributed by atoms with Gasteiger partial charge in [-0.2, -0.15) is 0 Å². The number of benzene rings is 1. The summed E-state index contributed by atoms with van der Waals surface area (Å²) in [7, 11) is -6.17. The summed E-state index contributed by atoms with van der Waals surface area (Å²) >= 11 is 1.68. The predicted octanol–water partition coefficient (Wildman–Crippen LogP) is 0.449. The van der Waals surface area contributed by atoms with Crippen LogP contribution in [0.25, 0.3) is 10.2 Å². The predicted molar refractivity (Wildman–Crippen MR) is 94.7 cm³/mol. The van der Waals surface area contributed by atoms with Crippen LogP contribution < -0.4 is 0 Å². The van der Waals surface area contributed by atoms with Crippen molar-refractivity contribution in [2.75, 3.05) is 0 Å². The second-order valence-electron chi connectivity index (χ2n) is 3.62. The smallest absolute Gasteiger partial charge is 0.0812 e. The molecule has 1 aromatic carbocycles. The first-order chi connectivity index (χ1) is 10.4. The van der Waals surface area contributed by atoms with Crippen LogP contribution in [0.3, 0.4) is 0 Å². The van der Waals surface area contributed by atoms with Gasteiger partial charge >= 0.3 is 226 Å². The maximum absolute atomic E-state index is 8.58. The van der Waals surface area contributed by atoms with Gasteiger partial charge in [0.2, 0.25) is 0 Å². The Bertz CT molecular complexity index is 850. The van der Waals surface area contributed by atoms with Gasteiger partial charge in [-0.05, 0) is 12.1 Å². The van der Waals surface area contributed by atoms with Gasteiger partial charge in [0, 0.05) is 0 Å². The fraction of sp³-hybridized carbons (Fsp3) is 0. The van der Waals surface area contributed by atoms with Gasteiger partial charge in [0.25, 0.3) is 0 Å². The summed E-state index contributed by atoms with van der Waals surface area (Å²) in [5.41, 5.74) is 2.97. The third-order valence-corrected chi connectivity index (χ3v) is 6.94. The molecule has 25 heavy (non-hydrogen) atoms. The van der Waals surface area contributed by atoms with Gasteiger partial charge < -0.3 is 0 Å². The van der Waals surface area contributed by atoms with E-state index < -0.39 is 10.7 Å². The van der Waals surface area contributed by atoms with Crippen LogP contribution in [-0.2, 0) is 10.7 Å². The molecule has 0 aliphatic carbocycles. The largest absolute Gasteiger partial charge is 0.245 e. The second-order valence-corrected chi connectivity index (χ2v) is 10.1. The monoisotopic (exact) mass is 467 g/mol. The number of rotatable bonds is 0. The Hall–Kier alpha value is 1.48. The van der Waals surface area contributed by atoms with Crippen molar-refractivity contribution in [3.8, 4) is 29.8 Å². The molecule has 1 heterocycles. The first kappa shape index (κ1) is 31.2. The van der Waals surface area contributed by atoms with Crippen LogP contribution in [0.4, 0.5) is 0 Å². The van der Waals surface area contributed by atoms with Crippen LogP contribution in [0.5, 0.6) is 0 Å². The Balaban J connectivity index is -0.000000357. The summed E-state index contributed by atoms with van der Waals surface area (Å²) in [4.78, 5) is 10.3. The van der Waals surface area contributed by atoms with E-state index in [4.69, 9.17) is 31.6 Å². The number of thiazole rings is 1. The van der Waals surface area contributed by atoms with Gasteiger partial charge in [0.15, 0.2) is 0 Å². The molecule has 1 aromatic heterocycles. The Morgan fingerprint density at radius 2 is 1.12 bits per heavy atom. The molecule has 0 amide bonds. The topological polar surface area (TPSA) is 156 Å². The van der Waals surface area contributed by atoms with Crippen molar-refractivity contribution in [3.05, 3.63) is 29.8 Å². The fourth-order valence-corrected chi connectivity index (χ4v) is 2.58. The molecule has 0 spiro atoms. The van der Waals surface area contributed by atoms with E-state index in [1.807, 2.05) is 23.7 Å². The number of hydrogen-bond donors (Lipinski definition) is 0. The standard InChI is InChI=1S/C7H5NS.6CN.Fe.3K.3H/c1-2-4-7-6(3-1)8-5-9-7;6*1-2;;;;;;;/h1-5H;;;;;;;;;;;;;. The van der Waals surface area contributed by atoms with Gasteiger partial charge in [-0.3, -0.25) is 0 Å². The summed E-state index contributed by atoms with van der Waals surface area (Å²) in [5.74, 6) is 0. The van der Waals surface area contributed by atoms with E-state index >= 15 is 0 Å². The Kier molecular flexibility index (Phi) is 15.1. The molecular weight excluding hydrogens is 459 g/mol. The molecular formula is C13H8FeK3N7S. The zero-order chi connectivity index (χ0) is 16.8. The summed E-state index contributed by atoms with van der Waals surface area (Å²) < 4.78 is 1.26. The van der Waals surface area contributed by atoms with Crippen molar-refractivity contribution in [2.24, 2.45) is 0 Å². The number of aromatic nitrogens is 1. The van der Waals surface area contributed by atoms with Crippen LogP contribution in [-0.4, -0.2) is 159 Å². The van der Waals surface area contributed by atoms with Gasteiger partial charge in [-0.25, -0.2) is 4.98 Å². The first-order valence-electron chi connectivity index (χ1n) is 5.15. The van der Waals surface area contributed by atoms with Crippen molar-refractivity contribution < 1.29 is 10.7 Å². The molecule has 7 nitrogen and oxygen atoms in total. The molecule has 0 bridgehead atoms. The van der Waals surface area contributed by atoms with Crippen LogP contribution in [0.2, 0.25) is 0 Å². The molecule has 0 fully saturated rings. The quantitative estimate of drug-likeness (QED) is 0.509. The number of para-hydroxylation sites is 1. The molecule has 0 radical (unpaired) electrons. The van der Waals surface area contributed by atoms with Crippen molar-refractivity contribution in [1.82, 2.24) is 4.98 Å². The first-order valence-corrected chi connectivity index (χ1v) is 9.34. The van der Waals surface area contributed by atoms with E-state index in [9.17, 15) is 0 Å². The third kappa shape index (κ3) is 5.98. The van der Waals surface area contributed by atoms with Crippen LogP contribution in [0, 0.1) is 61.4 Å². The third-order valence-electron chi connectivity index (χ3n) is 2.42. The summed E-state index contributed by atoms with van der Waals surface area (Å²) in [5, 5.41) is 51.5. The Morgan fingerprint density at radius 3 is 1.44 bits per heavy atom. The van der Waals surface area contributed by atoms with Gasteiger partial charge in [0.1, 0.15) is 0 Å². The summed E-state index contributed by atoms with van der Waals surface area (Å²) in [6.45, 7) is 0. The van der Waals surface area contributed by atoms with E-state index in [1.54, 1.807) is 11.3 Å². The Labute approximate surface area is 275 Å². The molecule has 2 aromatic rings. The van der Waals surface area contributed by atoms with Crippen LogP contribution in [0.1, 0.15) is 0 Å². The van der Waals surface area contributed by atoms with Crippen molar-refractivity contribution in [2.45, 2.75) is 0 Å². The zero-order valence-corrected chi connectivity index (χ0v) is 12.7. The van der Waals surface area contributed by atoms with E-state index in [2.05, 4.69) is 11.1 Å². The number of hydrogen-bond acceptors (Lipinski definition) is 8. The van der Waals surface area contributed by atoms with Crippen molar-refractivity contribution >= 4 is 176 Å². The molecule has 0 N–H and O–H groups in total. The minimum atomic E-state index is -6.17. The van der Waals surface area contributed by atoms with E-state index in [1.165, 1.54) is 4.70 Å².